The van der Waals surface area contributed by atoms with Crippen LogP contribution in [0.15, 0.2) is 60.7 Å². The highest BCUT2D eigenvalue weighted by atomic mass is 16.5. The number of esters is 1. The molecule has 2 aliphatic heterocycles. The van der Waals surface area contributed by atoms with Gasteiger partial charge in [0.2, 0.25) is 11.8 Å². The predicted molar refractivity (Wildman–Crippen MR) is 125 cm³/mol. The number of carbonyl (C=O) groups is 4. The Kier molecular flexibility index (Phi) is 6.52. The average Bonchev–Trinajstić information content (AvgIpc) is 3.31. The minimum atomic E-state index is -1.42. The van der Waals surface area contributed by atoms with Crippen molar-refractivity contribution >= 4 is 23.7 Å². The summed E-state index contributed by atoms with van der Waals surface area (Å²) in [7, 11) is 2.72. The summed E-state index contributed by atoms with van der Waals surface area (Å²) < 4.78 is 5.17. The smallest absolute Gasteiger partial charge is 0.327 e. The maximum atomic E-state index is 13.3. The van der Waals surface area contributed by atoms with Gasteiger partial charge < -0.3 is 9.64 Å². The summed E-state index contributed by atoms with van der Waals surface area (Å²) in [4.78, 5) is 55.6. The second-order valence-electron chi connectivity index (χ2n) is 8.82. The Morgan fingerprint density at radius 3 is 2.24 bits per heavy atom. The number of fused-ring (bicyclic) bond motifs is 1. The van der Waals surface area contributed by atoms with Gasteiger partial charge in [-0.3, -0.25) is 29.4 Å². The summed E-state index contributed by atoms with van der Waals surface area (Å²) in [6, 6.07) is 17.6. The van der Waals surface area contributed by atoms with Crippen LogP contribution in [0.25, 0.3) is 0 Å². The van der Waals surface area contributed by atoms with Crippen molar-refractivity contribution < 1.29 is 23.9 Å². The molecule has 0 aliphatic carbocycles. The number of likely N-dealkylation sites (tertiary alicyclic amines) is 1. The van der Waals surface area contributed by atoms with Crippen LogP contribution in [-0.4, -0.2) is 72.3 Å². The number of likely N-dealkylation sites (N-methyl/N-ethyl adjacent to an activating group) is 1. The number of ether oxygens (including phenoxy) is 1. The van der Waals surface area contributed by atoms with E-state index in [0.29, 0.717) is 12.1 Å². The van der Waals surface area contributed by atoms with Crippen LogP contribution in [-0.2, 0) is 25.5 Å². The maximum Gasteiger partial charge on any atom is 0.327 e. The molecule has 3 amide bonds. The maximum absolute atomic E-state index is 13.3. The minimum Gasteiger partial charge on any atom is -0.468 e. The number of benzene rings is 2. The summed E-state index contributed by atoms with van der Waals surface area (Å²) in [6.45, 7) is 2.44. The van der Waals surface area contributed by atoms with E-state index in [9.17, 15) is 19.2 Å². The van der Waals surface area contributed by atoms with E-state index in [1.807, 2.05) is 43.3 Å². The third-order valence-electron chi connectivity index (χ3n) is 6.96. The number of methoxy groups -OCH3 is 1. The van der Waals surface area contributed by atoms with Gasteiger partial charge in [-0.2, -0.15) is 0 Å². The van der Waals surface area contributed by atoms with Crippen molar-refractivity contribution in [2.45, 2.75) is 24.9 Å². The summed E-state index contributed by atoms with van der Waals surface area (Å²) >= 11 is 0. The first kappa shape index (κ1) is 23.6. The fourth-order valence-corrected chi connectivity index (χ4v) is 5.30. The number of carbonyl (C=O) groups excluding carboxylic acids is 4. The molecule has 4 atom stereocenters. The lowest BCUT2D eigenvalue weighted by Crippen LogP contribution is -2.59. The van der Waals surface area contributed by atoms with Crippen LogP contribution in [0, 0.1) is 11.8 Å². The van der Waals surface area contributed by atoms with Gasteiger partial charge in [0.05, 0.1) is 18.9 Å². The van der Waals surface area contributed by atoms with Crippen molar-refractivity contribution in [1.82, 2.24) is 15.1 Å². The van der Waals surface area contributed by atoms with Crippen LogP contribution in [0.3, 0.4) is 0 Å². The molecule has 0 radical (unpaired) electrons. The molecule has 178 valence electrons. The van der Waals surface area contributed by atoms with E-state index in [4.69, 9.17) is 4.74 Å². The number of rotatable bonds is 7. The van der Waals surface area contributed by atoms with Crippen molar-refractivity contribution in [3.8, 4) is 0 Å². The van der Waals surface area contributed by atoms with Crippen molar-refractivity contribution in [2.75, 3.05) is 27.2 Å². The third kappa shape index (κ3) is 3.88. The molecule has 2 aliphatic rings. The van der Waals surface area contributed by atoms with Crippen LogP contribution < -0.4 is 5.32 Å². The van der Waals surface area contributed by atoms with Crippen molar-refractivity contribution in [2.24, 2.45) is 11.8 Å². The van der Waals surface area contributed by atoms with Crippen LogP contribution in [0.5, 0.6) is 0 Å². The van der Waals surface area contributed by atoms with Gasteiger partial charge >= 0.3 is 5.97 Å². The van der Waals surface area contributed by atoms with E-state index in [1.54, 1.807) is 29.2 Å². The van der Waals surface area contributed by atoms with Crippen molar-refractivity contribution in [1.29, 1.82) is 0 Å². The van der Waals surface area contributed by atoms with Crippen LogP contribution in [0.1, 0.15) is 22.8 Å². The molecule has 4 rings (SSSR count). The Balaban J connectivity index is 1.72. The normalized spacial score (nSPS) is 25.9. The monoisotopic (exact) mass is 463 g/mol. The molecule has 34 heavy (non-hydrogen) atoms. The van der Waals surface area contributed by atoms with Gasteiger partial charge in [0.25, 0.3) is 5.91 Å². The van der Waals surface area contributed by atoms with Crippen LogP contribution in [0.4, 0.5) is 0 Å². The fourth-order valence-electron chi connectivity index (χ4n) is 5.30. The zero-order valence-corrected chi connectivity index (χ0v) is 19.6. The Hall–Kier alpha value is -3.52. The molecular formula is C26H29N3O5. The first-order valence-corrected chi connectivity index (χ1v) is 11.4. The first-order chi connectivity index (χ1) is 16.3. The molecule has 0 saturated carbocycles. The number of hydrogen-bond donors (Lipinski definition) is 1. The van der Waals surface area contributed by atoms with E-state index in [2.05, 4.69) is 5.32 Å². The highest BCUT2D eigenvalue weighted by molar-refractivity contribution is 6.09. The van der Waals surface area contributed by atoms with Crippen LogP contribution >= 0.6 is 0 Å². The fraction of sp³-hybridized carbons (Fsp3) is 0.385. The average molecular weight is 464 g/mol. The molecule has 2 fully saturated rings. The Labute approximate surface area is 198 Å². The summed E-state index contributed by atoms with van der Waals surface area (Å²) in [5, 5.41) is 3.32. The van der Waals surface area contributed by atoms with Crippen molar-refractivity contribution in [3.05, 3.63) is 71.8 Å². The molecule has 2 aromatic rings. The number of nitrogens with one attached hydrogen (secondary N) is 1. The van der Waals surface area contributed by atoms with E-state index in [-0.39, 0.29) is 24.8 Å². The summed E-state index contributed by atoms with van der Waals surface area (Å²) in [5.74, 6) is -3.24. The molecule has 8 heteroatoms. The van der Waals surface area contributed by atoms with Gasteiger partial charge in [0.1, 0.15) is 5.54 Å². The van der Waals surface area contributed by atoms with Gasteiger partial charge in [-0.05, 0) is 24.6 Å². The van der Waals surface area contributed by atoms with Crippen LogP contribution in [0.2, 0.25) is 0 Å². The molecule has 2 saturated heterocycles. The van der Waals surface area contributed by atoms with E-state index in [0.717, 1.165) is 10.5 Å². The Bertz CT molecular complexity index is 1090. The van der Waals surface area contributed by atoms with E-state index >= 15 is 0 Å². The van der Waals surface area contributed by atoms with E-state index < -0.39 is 35.3 Å². The third-order valence-corrected chi connectivity index (χ3v) is 6.96. The minimum absolute atomic E-state index is 0.172. The second kappa shape index (κ2) is 9.38. The number of hydrogen-bond acceptors (Lipinski definition) is 6. The summed E-state index contributed by atoms with van der Waals surface area (Å²) in [6.07, 6.45) is 0.184. The molecule has 0 unspecified atom stereocenters. The molecular weight excluding hydrogens is 434 g/mol. The Morgan fingerprint density at radius 1 is 1.03 bits per heavy atom. The van der Waals surface area contributed by atoms with Gasteiger partial charge in [-0.15, -0.1) is 0 Å². The number of amides is 3. The largest absolute Gasteiger partial charge is 0.468 e. The zero-order valence-electron chi connectivity index (χ0n) is 19.6. The quantitative estimate of drug-likeness (QED) is 0.494. The highest BCUT2D eigenvalue weighted by Gasteiger charge is 2.68. The van der Waals surface area contributed by atoms with Crippen molar-refractivity contribution in [3.63, 3.8) is 0 Å². The number of imide groups is 1. The topological polar surface area (TPSA) is 96.0 Å². The molecule has 0 bridgehead atoms. The lowest BCUT2D eigenvalue weighted by Gasteiger charge is -2.33. The molecule has 2 aromatic carbocycles. The molecule has 8 nitrogen and oxygen atoms in total. The lowest BCUT2D eigenvalue weighted by molar-refractivity contribution is -0.153. The van der Waals surface area contributed by atoms with Gasteiger partial charge in [0.15, 0.2) is 0 Å². The standard InChI is InChI=1S/C26H29N3O5/c1-4-29(22(30)18-13-9-6-10-14-18)16-19-20-21(24(32)28(2)23(20)31)26(27-19,25(33)34-3)15-17-11-7-5-8-12-17/h5-14,19-21,27H,4,15-16H2,1-3H3/t19-,20+,21-,26-/m1/s1. The lowest BCUT2D eigenvalue weighted by atomic mass is 9.76. The van der Waals surface area contributed by atoms with E-state index in [1.165, 1.54) is 14.2 Å². The highest BCUT2D eigenvalue weighted by Crippen LogP contribution is 2.45. The molecule has 0 aromatic heterocycles. The van der Waals surface area contributed by atoms with Gasteiger partial charge in [-0.25, -0.2) is 0 Å². The SMILES string of the molecule is CCN(C[C@H]1N[C@@](Cc2ccccc2)(C(=O)OC)[C@H]2C(=O)N(C)C(=O)[C@@H]12)C(=O)c1ccccc1. The van der Waals surface area contributed by atoms with Gasteiger partial charge in [-0.1, -0.05) is 48.5 Å². The predicted octanol–water partition coefficient (Wildman–Crippen LogP) is 1.51. The molecule has 2 heterocycles. The number of nitrogens with zero attached hydrogens (tertiary/aromatic N) is 2. The molecule has 0 spiro atoms. The first-order valence-electron chi connectivity index (χ1n) is 11.4. The zero-order chi connectivity index (χ0) is 24.5. The van der Waals surface area contributed by atoms with Gasteiger partial charge in [0, 0.05) is 38.2 Å². The second-order valence-corrected chi connectivity index (χ2v) is 8.82. The molecule has 1 N–H and O–H groups in total. The summed E-state index contributed by atoms with van der Waals surface area (Å²) in [5.41, 5.74) is -0.0475. The Morgan fingerprint density at radius 2 is 1.65 bits per heavy atom.